The summed E-state index contributed by atoms with van der Waals surface area (Å²) in [5, 5.41) is 12.8. The van der Waals surface area contributed by atoms with Gasteiger partial charge in [-0.1, -0.05) is 31.7 Å². The SMILES string of the molecule is Cc1cc(Nc2cccc(C(=O)N[C@@H](CC3CCCC3)C(=O)Nc3cnn(C)c3)c2)c(F)cn1. The van der Waals surface area contributed by atoms with Crippen molar-refractivity contribution in [3.05, 3.63) is 66.0 Å². The van der Waals surface area contributed by atoms with Crippen LogP contribution in [0.1, 0.15) is 48.2 Å². The van der Waals surface area contributed by atoms with Gasteiger partial charge in [-0.3, -0.25) is 19.3 Å². The van der Waals surface area contributed by atoms with Crippen molar-refractivity contribution in [2.45, 2.75) is 45.1 Å². The van der Waals surface area contributed by atoms with Gasteiger partial charge in [0.25, 0.3) is 5.91 Å². The minimum atomic E-state index is -0.673. The molecule has 1 aliphatic rings. The molecule has 2 amide bonds. The van der Waals surface area contributed by atoms with Crippen molar-refractivity contribution in [1.82, 2.24) is 20.1 Å². The van der Waals surface area contributed by atoms with Crippen molar-refractivity contribution in [2.75, 3.05) is 10.6 Å². The summed E-state index contributed by atoms with van der Waals surface area (Å²) in [6.45, 7) is 1.77. The first-order valence-electron chi connectivity index (χ1n) is 11.5. The molecule has 2 heterocycles. The Bertz CT molecular complexity index is 1170. The Balaban J connectivity index is 1.48. The van der Waals surface area contributed by atoms with Crippen molar-refractivity contribution < 1.29 is 14.0 Å². The number of amides is 2. The third-order valence-corrected chi connectivity index (χ3v) is 6.03. The molecule has 34 heavy (non-hydrogen) atoms. The maximum absolute atomic E-state index is 14.1. The van der Waals surface area contributed by atoms with E-state index in [0.29, 0.717) is 35.0 Å². The summed E-state index contributed by atoms with van der Waals surface area (Å²) in [7, 11) is 1.77. The Hall–Kier alpha value is -3.75. The minimum Gasteiger partial charge on any atom is -0.353 e. The molecule has 3 aromatic rings. The average Bonchev–Trinajstić information content (AvgIpc) is 3.47. The van der Waals surface area contributed by atoms with Gasteiger partial charge in [-0.05, 0) is 43.5 Å². The number of aromatic nitrogens is 3. The van der Waals surface area contributed by atoms with Crippen LogP contribution in [0.2, 0.25) is 0 Å². The first-order chi connectivity index (χ1) is 16.4. The molecule has 0 unspecified atom stereocenters. The molecule has 1 saturated carbocycles. The van der Waals surface area contributed by atoms with Crippen LogP contribution < -0.4 is 16.0 Å². The lowest BCUT2D eigenvalue weighted by atomic mass is 9.97. The molecular formula is C25H29FN6O2. The second-order valence-electron chi connectivity index (χ2n) is 8.82. The van der Waals surface area contributed by atoms with Crippen molar-refractivity contribution in [2.24, 2.45) is 13.0 Å². The first-order valence-corrected chi connectivity index (χ1v) is 11.5. The second kappa shape index (κ2) is 10.5. The number of pyridine rings is 1. The zero-order chi connectivity index (χ0) is 24.1. The Morgan fingerprint density at radius 2 is 1.97 bits per heavy atom. The number of hydrogen-bond acceptors (Lipinski definition) is 5. The van der Waals surface area contributed by atoms with Crippen molar-refractivity contribution in [3.8, 4) is 0 Å². The molecule has 1 fully saturated rings. The number of anilines is 3. The molecule has 178 valence electrons. The highest BCUT2D eigenvalue weighted by Gasteiger charge is 2.27. The average molecular weight is 465 g/mol. The van der Waals surface area contributed by atoms with Gasteiger partial charge in [0.2, 0.25) is 5.91 Å². The summed E-state index contributed by atoms with van der Waals surface area (Å²) in [6, 6.07) is 7.69. The molecule has 0 radical (unpaired) electrons. The smallest absolute Gasteiger partial charge is 0.252 e. The van der Waals surface area contributed by atoms with E-state index in [2.05, 4.69) is 26.0 Å². The number of carbonyl (C=O) groups is 2. The van der Waals surface area contributed by atoms with Crippen LogP contribution in [0.4, 0.5) is 21.5 Å². The number of halogens is 1. The first kappa shape index (κ1) is 23.4. The molecule has 8 nitrogen and oxygen atoms in total. The highest BCUT2D eigenvalue weighted by Crippen LogP contribution is 2.29. The molecule has 1 atom stereocenters. The standard InChI is InChI=1S/C25H29FN6O2/c1-16-10-22(21(26)14-27-16)29-19-9-5-8-18(12-19)24(33)31-23(11-17-6-3-4-7-17)25(34)30-20-13-28-32(2)15-20/h5,8-10,12-15,17,23H,3-4,6-7,11H2,1-2H3,(H,27,29)(H,30,34)(H,31,33)/t23-/m0/s1. The van der Waals surface area contributed by atoms with Crippen molar-refractivity contribution in [3.63, 3.8) is 0 Å². The van der Waals surface area contributed by atoms with Gasteiger partial charge in [0.15, 0.2) is 5.82 Å². The highest BCUT2D eigenvalue weighted by molar-refractivity contribution is 6.01. The van der Waals surface area contributed by atoms with Crippen molar-refractivity contribution >= 4 is 28.9 Å². The predicted molar refractivity (Wildman–Crippen MR) is 128 cm³/mol. The quantitative estimate of drug-likeness (QED) is 0.461. The molecule has 0 spiro atoms. The van der Waals surface area contributed by atoms with E-state index in [1.165, 1.54) is 0 Å². The molecule has 1 aromatic carbocycles. The number of benzene rings is 1. The zero-order valence-electron chi connectivity index (χ0n) is 19.3. The lowest BCUT2D eigenvalue weighted by molar-refractivity contribution is -0.118. The van der Waals surface area contributed by atoms with E-state index in [9.17, 15) is 14.0 Å². The van der Waals surface area contributed by atoms with Gasteiger partial charge in [-0.25, -0.2) is 4.39 Å². The van der Waals surface area contributed by atoms with Gasteiger partial charge in [0.1, 0.15) is 6.04 Å². The lowest BCUT2D eigenvalue weighted by Gasteiger charge is -2.21. The third kappa shape index (κ3) is 5.98. The van der Waals surface area contributed by atoms with Crippen LogP contribution in [-0.2, 0) is 11.8 Å². The fraction of sp³-hybridized carbons (Fsp3) is 0.360. The highest BCUT2D eigenvalue weighted by atomic mass is 19.1. The van der Waals surface area contributed by atoms with Gasteiger partial charge < -0.3 is 16.0 Å². The van der Waals surface area contributed by atoms with E-state index in [4.69, 9.17) is 0 Å². The van der Waals surface area contributed by atoms with Gasteiger partial charge in [0, 0.05) is 30.2 Å². The lowest BCUT2D eigenvalue weighted by Crippen LogP contribution is -2.44. The number of hydrogen-bond donors (Lipinski definition) is 3. The Labute approximate surface area is 198 Å². The van der Waals surface area contributed by atoms with Crippen LogP contribution in [0.15, 0.2) is 48.9 Å². The molecule has 2 aromatic heterocycles. The van der Waals surface area contributed by atoms with Crippen LogP contribution in [0.5, 0.6) is 0 Å². The summed E-state index contributed by atoms with van der Waals surface area (Å²) in [4.78, 5) is 30.1. The maximum atomic E-state index is 14.1. The Morgan fingerprint density at radius 1 is 1.18 bits per heavy atom. The summed E-state index contributed by atoms with van der Waals surface area (Å²) in [5.41, 5.74) is 2.47. The third-order valence-electron chi connectivity index (χ3n) is 6.03. The van der Waals surface area contributed by atoms with Gasteiger partial charge in [-0.15, -0.1) is 0 Å². The van der Waals surface area contributed by atoms with E-state index in [1.807, 2.05) is 0 Å². The molecule has 0 aliphatic heterocycles. The minimum absolute atomic E-state index is 0.267. The molecule has 1 aliphatic carbocycles. The van der Waals surface area contributed by atoms with Crippen molar-refractivity contribution in [1.29, 1.82) is 0 Å². The number of rotatable bonds is 8. The molecular weight excluding hydrogens is 435 g/mol. The summed E-state index contributed by atoms with van der Waals surface area (Å²) >= 11 is 0. The van der Waals surface area contributed by atoms with Crippen LogP contribution >= 0.6 is 0 Å². The van der Waals surface area contributed by atoms with Gasteiger partial charge >= 0.3 is 0 Å². The number of carbonyl (C=O) groups excluding carboxylic acids is 2. The van der Waals surface area contributed by atoms with Gasteiger partial charge in [-0.2, -0.15) is 5.10 Å². The molecule has 9 heteroatoms. The fourth-order valence-electron chi connectivity index (χ4n) is 4.30. The van der Waals surface area contributed by atoms with Gasteiger partial charge in [0.05, 0.1) is 23.8 Å². The van der Waals surface area contributed by atoms with E-state index in [0.717, 1.165) is 31.9 Å². The number of aryl methyl sites for hydroxylation is 2. The monoisotopic (exact) mass is 464 g/mol. The largest absolute Gasteiger partial charge is 0.353 e. The molecule has 3 N–H and O–H groups in total. The Kier molecular flexibility index (Phi) is 7.20. The summed E-state index contributed by atoms with van der Waals surface area (Å²) in [6.07, 6.45) is 9.43. The van der Waals surface area contributed by atoms with Crippen LogP contribution in [0.25, 0.3) is 0 Å². The van der Waals surface area contributed by atoms with Crippen LogP contribution in [-0.4, -0.2) is 32.6 Å². The van der Waals surface area contributed by atoms with Crippen LogP contribution in [0.3, 0.4) is 0 Å². The predicted octanol–water partition coefficient (Wildman–Crippen LogP) is 4.32. The fourth-order valence-corrected chi connectivity index (χ4v) is 4.30. The van der Waals surface area contributed by atoms with Crippen LogP contribution in [0, 0.1) is 18.7 Å². The van der Waals surface area contributed by atoms with E-state index < -0.39 is 11.9 Å². The van der Waals surface area contributed by atoms with E-state index in [1.54, 1.807) is 61.4 Å². The number of nitrogens with zero attached hydrogens (tertiary/aromatic N) is 3. The maximum Gasteiger partial charge on any atom is 0.252 e. The normalized spacial score (nSPS) is 14.6. The molecule has 0 bridgehead atoms. The molecule has 0 saturated heterocycles. The Morgan fingerprint density at radius 3 is 2.71 bits per heavy atom. The summed E-state index contributed by atoms with van der Waals surface area (Å²) < 4.78 is 15.7. The topological polar surface area (TPSA) is 101 Å². The molecule has 4 rings (SSSR count). The zero-order valence-corrected chi connectivity index (χ0v) is 19.3. The second-order valence-corrected chi connectivity index (χ2v) is 8.82. The number of nitrogens with one attached hydrogen (secondary N) is 3. The summed E-state index contributed by atoms with van der Waals surface area (Å²) in [5.74, 6) is -0.712. The van der Waals surface area contributed by atoms with E-state index in [-0.39, 0.29) is 17.5 Å². The van der Waals surface area contributed by atoms with E-state index >= 15 is 0 Å².